The summed E-state index contributed by atoms with van der Waals surface area (Å²) in [6, 6.07) is 5.16. The SMILES string of the molecule is O=C(c1cc(Cl)ccc1Br)N1CC(O)(C2CC2)C1. The van der Waals surface area contributed by atoms with Crippen LogP contribution in [0.25, 0.3) is 0 Å². The van der Waals surface area contributed by atoms with Crippen molar-refractivity contribution in [3.63, 3.8) is 0 Å². The Hall–Kier alpha value is -0.580. The van der Waals surface area contributed by atoms with Crippen LogP contribution in [-0.2, 0) is 0 Å². The van der Waals surface area contributed by atoms with Crippen molar-refractivity contribution in [3.8, 4) is 0 Å². The Labute approximate surface area is 119 Å². The Bertz CT molecular complexity index is 510. The van der Waals surface area contributed by atoms with Crippen molar-refractivity contribution in [3.05, 3.63) is 33.3 Å². The van der Waals surface area contributed by atoms with Gasteiger partial charge >= 0.3 is 0 Å². The van der Waals surface area contributed by atoms with E-state index in [1.165, 1.54) is 0 Å². The summed E-state index contributed by atoms with van der Waals surface area (Å²) < 4.78 is 0.735. The number of carbonyl (C=O) groups excluding carboxylic acids is 1. The first-order valence-corrected chi connectivity index (χ1v) is 7.13. The van der Waals surface area contributed by atoms with E-state index in [-0.39, 0.29) is 5.91 Å². The van der Waals surface area contributed by atoms with Crippen LogP contribution in [0.3, 0.4) is 0 Å². The molecule has 3 nitrogen and oxygen atoms in total. The molecule has 5 heteroatoms. The maximum Gasteiger partial charge on any atom is 0.255 e. The zero-order valence-corrected chi connectivity index (χ0v) is 12.0. The highest BCUT2D eigenvalue weighted by Crippen LogP contribution is 2.45. The minimum Gasteiger partial charge on any atom is -0.386 e. The summed E-state index contributed by atoms with van der Waals surface area (Å²) in [7, 11) is 0. The van der Waals surface area contributed by atoms with Crippen molar-refractivity contribution >= 4 is 33.4 Å². The Morgan fingerprint density at radius 3 is 2.72 bits per heavy atom. The molecule has 0 spiro atoms. The number of carbonyl (C=O) groups is 1. The molecule has 0 bridgehead atoms. The zero-order valence-electron chi connectivity index (χ0n) is 9.70. The number of β-amino-alcohol motifs (C(OH)–C–C–N with tert-alkyl or cyclic N) is 1. The van der Waals surface area contributed by atoms with Gasteiger partial charge in [0.1, 0.15) is 5.60 Å². The van der Waals surface area contributed by atoms with Gasteiger partial charge in [-0.15, -0.1) is 0 Å². The molecule has 0 aromatic heterocycles. The first-order valence-electron chi connectivity index (χ1n) is 5.96. The summed E-state index contributed by atoms with van der Waals surface area (Å²) in [4.78, 5) is 13.9. The highest BCUT2D eigenvalue weighted by molar-refractivity contribution is 9.10. The zero-order chi connectivity index (χ0) is 12.9. The summed E-state index contributed by atoms with van der Waals surface area (Å²) in [5.74, 6) is 0.319. The van der Waals surface area contributed by atoms with Gasteiger partial charge in [0, 0.05) is 9.50 Å². The van der Waals surface area contributed by atoms with Crippen LogP contribution in [0.15, 0.2) is 22.7 Å². The van der Waals surface area contributed by atoms with Gasteiger partial charge in [0.25, 0.3) is 5.91 Å². The second-order valence-corrected chi connectivity index (χ2v) is 6.45. The lowest BCUT2D eigenvalue weighted by Crippen LogP contribution is -2.64. The molecule has 1 aliphatic heterocycles. The molecular weight excluding hydrogens is 318 g/mol. The number of amides is 1. The topological polar surface area (TPSA) is 40.5 Å². The lowest BCUT2D eigenvalue weighted by Gasteiger charge is -2.47. The van der Waals surface area contributed by atoms with Crippen molar-refractivity contribution in [2.75, 3.05) is 13.1 Å². The molecule has 1 aromatic carbocycles. The van der Waals surface area contributed by atoms with Gasteiger partial charge < -0.3 is 10.0 Å². The lowest BCUT2D eigenvalue weighted by molar-refractivity contribution is -0.0958. The largest absolute Gasteiger partial charge is 0.386 e. The van der Waals surface area contributed by atoms with Crippen LogP contribution in [0, 0.1) is 5.92 Å². The van der Waals surface area contributed by atoms with Crippen LogP contribution >= 0.6 is 27.5 Å². The summed E-state index contributed by atoms with van der Waals surface area (Å²) in [5, 5.41) is 10.7. The van der Waals surface area contributed by atoms with Crippen molar-refractivity contribution in [2.45, 2.75) is 18.4 Å². The molecule has 1 amide bonds. The monoisotopic (exact) mass is 329 g/mol. The third kappa shape index (κ3) is 2.06. The van der Waals surface area contributed by atoms with Gasteiger partial charge in [-0.1, -0.05) is 11.6 Å². The van der Waals surface area contributed by atoms with E-state index < -0.39 is 5.60 Å². The molecule has 18 heavy (non-hydrogen) atoms. The molecule has 1 saturated heterocycles. The summed E-state index contributed by atoms with van der Waals surface area (Å²) in [6.07, 6.45) is 2.17. The Balaban J connectivity index is 1.74. The molecule has 2 fully saturated rings. The number of benzene rings is 1. The van der Waals surface area contributed by atoms with Gasteiger partial charge in [0.15, 0.2) is 0 Å². The number of likely N-dealkylation sites (tertiary alicyclic amines) is 1. The molecule has 0 radical (unpaired) electrons. The van der Waals surface area contributed by atoms with E-state index in [1.54, 1.807) is 23.1 Å². The predicted octanol–water partition coefficient (Wildman–Crippen LogP) is 2.70. The molecular formula is C13H13BrClNO2. The molecule has 1 aliphatic carbocycles. The first-order chi connectivity index (χ1) is 8.49. The standard InChI is InChI=1S/C13H13BrClNO2/c14-11-4-3-9(15)5-10(11)12(17)16-6-13(18,7-16)8-1-2-8/h3-5,8,18H,1-2,6-7H2. The van der Waals surface area contributed by atoms with E-state index in [0.717, 1.165) is 17.3 Å². The van der Waals surface area contributed by atoms with Crippen molar-refractivity contribution in [1.82, 2.24) is 4.90 Å². The van der Waals surface area contributed by atoms with Crippen LogP contribution < -0.4 is 0 Å². The fourth-order valence-corrected chi connectivity index (χ4v) is 3.06. The predicted molar refractivity (Wildman–Crippen MR) is 72.7 cm³/mol. The highest BCUT2D eigenvalue weighted by Gasteiger charge is 2.53. The second kappa shape index (κ2) is 4.22. The van der Waals surface area contributed by atoms with Crippen LogP contribution in [0.2, 0.25) is 5.02 Å². The minimum absolute atomic E-state index is 0.0744. The number of rotatable bonds is 2. The Kier molecular flexibility index (Phi) is 2.92. The van der Waals surface area contributed by atoms with Gasteiger partial charge in [-0.2, -0.15) is 0 Å². The third-order valence-electron chi connectivity index (χ3n) is 3.71. The molecule has 3 rings (SSSR count). The average molecular weight is 331 g/mol. The van der Waals surface area contributed by atoms with E-state index in [0.29, 0.717) is 29.6 Å². The number of hydrogen-bond donors (Lipinski definition) is 1. The van der Waals surface area contributed by atoms with Crippen molar-refractivity contribution < 1.29 is 9.90 Å². The van der Waals surface area contributed by atoms with Crippen LogP contribution in [0.1, 0.15) is 23.2 Å². The quantitative estimate of drug-likeness (QED) is 0.906. The first kappa shape index (κ1) is 12.5. The number of nitrogens with zero attached hydrogens (tertiary/aromatic N) is 1. The fraction of sp³-hybridized carbons (Fsp3) is 0.462. The Morgan fingerprint density at radius 2 is 2.11 bits per heavy atom. The summed E-state index contributed by atoms with van der Waals surface area (Å²) >= 11 is 9.26. The average Bonchev–Trinajstić information content (AvgIpc) is 3.11. The van der Waals surface area contributed by atoms with E-state index in [2.05, 4.69) is 15.9 Å². The number of aliphatic hydroxyl groups is 1. The van der Waals surface area contributed by atoms with E-state index in [4.69, 9.17) is 11.6 Å². The molecule has 1 saturated carbocycles. The second-order valence-electron chi connectivity index (χ2n) is 5.16. The molecule has 0 atom stereocenters. The van der Waals surface area contributed by atoms with Crippen LogP contribution in [-0.4, -0.2) is 34.6 Å². The van der Waals surface area contributed by atoms with Crippen molar-refractivity contribution in [1.29, 1.82) is 0 Å². The number of hydrogen-bond acceptors (Lipinski definition) is 2. The van der Waals surface area contributed by atoms with Crippen LogP contribution in [0.5, 0.6) is 0 Å². The number of halogens is 2. The lowest BCUT2D eigenvalue weighted by atomic mass is 9.88. The van der Waals surface area contributed by atoms with Gasteiger partial charge in [0.05, 0.1) is 18.7 Å². The summed E-state index contributed by atoms with van der Waals surface area (Å²) in [6.45, 7) is 0.880. The molecule has 96 valence electrons. The third-order valence-corrected chi connectivity index (χ3v) is 4.64. The van der Waals surface area contributed by atoms with Gasteiger partial charge in [0.2, 0.25) is 0 Å². The van der Waals surface area contributed by atoms with E-state index in [1.807, 2.05) is 0 Å². The van der Waals surface area contributed by atoms with Crippen LogP contribution in [0.4, 0.5) is 0 Å². The maximum atomic E-state index is 12.3. The Morgan fingerprint density at radius 1 is 1.44 bits per heavy atom. The fourth-order valence-electron chi connectivity index (χ4n) is 2.47. The van der Waals surface area contributed by atoms with Crippen molar-refractivity contribution in [2.24, 2.45) is 5.92 Å². The van der Waals surface area contributed by atoms with E-state index in [9.17, 15) is 9.90 Å². The summed E-state index contributed by atoms with van der Waals surface area (Å²) in [5.41, 5.74) is -0.0823. The highest BCUT2D eigenvalue weighted by atomic mass is 79.9. The van der Waals surface area contributed by atoms with E-state index >= 15 is 0 Å². The van der Waals surface area contributed by atoms with Gasteiger partial charge in [-0.25, -0.2) is 0 Å². The van der Waals surface area contributed by atoms with Gasteiger partial charge in [-0.3, -0.25) is 4.79 Å². The molecule has 2 aliphatic rings. The smallest absolute Gasteiger partial charge is 0.255 e. The maximum absolute atomic E-state index is 12.3. The van der Waals surface area contributed by atoms with Gasteiger partial charge in [-0.05, 0) is 52.9 Å². The molecule has 1 aromatic rings. The minimum atomic E-state index is -0.638. The molecule has 1 heterocycles. The normalized spacial score (nSPS) is 21.6. The molecule has 0 unspecified atom stereocenters. The molecule has 1 N–H and O–H groups in total.